The molecule has 1 heteroatoms. The van der Waals surface area contributed by atoms with Gasteiger partial charge in [-0.3, -0.25) is 0 Å². The van der Waals surface area contributed by atoms with Crippen LogP contribution in [0.3, 0.4) is 0 Å². The molecule has 1 rings (SSSR count). The predicted octanol–water partition coefficient (Wildman–Crippen LogP) is 3.92. The van der Waals surface area contributed by atoms with Gasteiger partial charge in [0.2, 0.25) is 0 Å². The fourth-order valence-corrected chi connectivity index (χ4v) is 1.46. The first-order valence-corrected chi connectivity index (χ1v) is 4.28. The number of halogens is 1. The summed E-state index contributed by atoms with van der Waals surface area (Å²) in [6.07, 6.45) is 1.78. The van der Waals surface area contributed by atoms with Crippen molar-refractivity contribution < 1.29 is 0 Å². The minimum Gasteiger partial charge on any atom is -0.0984 e. The van der Waals surface area contributed by atoms with Crippen molar-refractivity contribution in [1.82, 2.24) is 0 Å². The molecule has 1 unspecified atom stereocenters. The van der Waals surface area contributed by atoms with Crippen molar-refractivity contribution in [3.63, 3.8) is 0 Å². The van der Waals surface area contributed by atoms with Gasteiger partial charge in [0.25, 0.3) is 0 Å². The van der Waals surface area contributed by atoms with Gasteiger partial charge in [0.05, 0.1) is 0 Å². The third kappa shape index (κ3) is 1.70. The molecular weight excluding hydrogens is 168 g/mol. The Bertz CT molecular complexity index is 287. The van der Waals surface area contributed by atoms with Gasteiger partial charge in [0, 0.05) is 5.02 Å². The van der Waals surface area contributed by atoms with Crippen molar-refractivity contribution in [1.29, 1.82) is 0 Å². The summed E-state index contributed by atoms with van der Waals surface area (Å²) in [5, 5.41) is 0.748. The summed E-state index contributed by atoms with van der Waals surface area (Å²) in [7, 11) is 0. The zero-order chi connectivity index (χ0) is 9.14. The average Bonchev–Trinajstić information content (AvgIpc) is 2.03. The molecule has 63 valence electrons. The van der Waals surface area contributed by atoms with Gasteiger partial charge in [-0.2, -0.15) is 0 Å². The molecule has 0 saturated carbocycles. The van der Waals surface area contributed by atoms with Gasteiger partial charge in [-0.15, -0.1) is 0 Å². The zero-order valence-corrected chi connectivity index (χ0v) is 7.93. The van der Waals surface area contributed by atoms with E-state index >= 15 is 0 Å². The Morgan fingerprint density at radius 1 is 1.50 bits per heavy atom. The minimum absolute atomic E-state index is 0.247. The average molecular weight is 180 g/mol. The summed E-state index contributed by atoms with van der Waals surface area (Å²) in [5.41, 5.74) is 2.15. The van der Waals surface area contributed by atoms with Gasteiger partial charge >= 0.3 is 0 Å². The molecule has 1 radical (unpaired) electrons. The molecule has 12 heavy (non-hydrogen) atoms. The van der Waals surface area contributed by atoms with Crippen LogP contribution in [0, 0.1) is 6.92 Å². The Labute approximate surface area is 78.9 Å². The molecule has 1 atom stereocenters. The van der Waals surface area contributed by atoms with Gasteiger partial charge in [-0.05, 0) is 30.0 Å². The lowest BCUT2D eigenvalue weighted by molar-refractivity contribution is 0.961. The molecule has 0 aliphatic rings. The maximum absolute atomic E-state index is 5.97. The topological polar surface area (TPSA) is 0 Å². The Kier molecular flexibility index (Phi) is 2.93. The Morgan fingerprint density at radius 3 is 2.58 bits per heavy atom. The van der Waals surface area contributed by atoms with Crippen molar-refractivity contribution in [3.8, 4) is 0 Å². The molecule has 0 amide bonds. The first kappa shape index (κ1) is 9.34. The van der Waals surface area contributed by atoms with Crippen molar-refractivity contribution in [2.24, 2.45) is 0 Å². The maximum Gasteiger partial charge on any atom is 0.0481 e. The van der Waals surface area contributed by atoms with Crippen molar-refractivity contribution >= 4 is 17.7 Å². The van der Waals surface area contributed by atoms with E-state index in [1.807, 2.05) is 25.1 Å². The maximum atomic E-state index is 5.97. The van der Waals surface area contributed by atoms with Gasteiger partial charge < -0.3 is 0 Å². The molecule has 0 N–H and O–H groups in total. The van der Waals surface area contributed by atoms with Crippen molar-refractivity contribution in [2.45, 2.75) is 12.8 Å². The summed E-state index contributed by atoms with van der Waals surface area (Å²) in [6.45, 7) is 9.71. The Hall–Kier alpha value is -0.750. The molecule has 1 aromatic rings. The minimum atomic E-state index is 0.247. The van der Waals surface area contributed by atoms with E-state index in [1.165, 1.54) is 0 Å². The first-order valence-electron chi connectivity index (χ1n) is 3.90. The van der Waals surface area contributed by atoms with Gasteiger partial charge in [-0.25, -0.2) is 0 Å². The van der Waals surface area contributed by atoms with Crippen LogP contribution in [0.25, 0.3) is 6.08 Å². The number of hydrogen-bond donors (Lipinski definition) is 0. The molecule has 1 aromatic carbocycles. The summed E-state index contributed by atoms with van der Waals surface area (Å²) in [4.78, 5) is 0. The highest BCUT2D eigenvalue weighted by Crippen LogP contribution is 2.26. The molecule has 0 aliphatic carbocycles. The lowest BCUT2D eigenvalue weighted by atomic mass is 9.97. The van der Waals surface area contributed by atoms with E-state index in [4.69, 9.17) is 11.6 Å². The smallest absolute Gasteiger partial charge is 0.0481 e. The summed E-state index contributed by atoms with van der Waals surface area (Å²) in [6, 6.07) is 5.83. The third-order valence-electron chi connectivity index (χ3n) is 1.82. The number of rotatable bonds is 2. The third-order valence-corrected chi connectivity index (χ3v) is 2.15. The van der Waals surface area contributed by atoms with Crippen LogP contribution in [0.4, 0.5) is 0 Å². The van der Waals surface area contributed by atoms with E-state index < -0.39 is 0 Å². The van der Waals surface area contributed by atoms with Crippen LogP contribution in [0.5, 0.6) is 0 Å². The summed E-state index contributed by atoms with van der Waals surface area (Å²) >= 11 is 5.97. The molecule has 0 spiro atoms. The Morgan fingerprint density at radius 2 is 2.17 bits per heavy atom. The van der Waals surface area contributed by atoms with Crippen LogP contribution in [0.15, 0.2) is 24.8 Å². The monoisotopic (exact) mass is 179 g/mol. The Balaban J connectivity index is 3.27. The molecular formula is C11H12Cl. The van der Waals surface area contributed by atoms with Crippen LogP contribution in [-0.4, -0.2) is 0 Å². The molecule has 0 saturated heterocycles. The van der Waals surface area contributed by atoms with E-state index in [-0.39, 0.29) is 5.92 Å². The zero-order valence-electron chi connectivity index (χ0n) is 7.18. The summed E-state index contributed by atoms with van der Waals surface area (Å²) in [5.74, 6) is 0.247. The van der Waals surface area contributed by atoms with Crippen LogP contribution in [-0.2, 0) is 0 Å². The van der Waals surface area contributed by atoms with E-state index in [2.05, 4.69) is 13.5 Å². The molecule has 0 heterocycles. The lowest BCUT2D eigenvalue weighted by Gasteiger charge is -2.10. The SMILES string of the molecule is [CH2]C(C)c1cccc(Cl)c1C=C. The van der Waals surface area contributed by atoms with Gasteiger partial charge in [0.15, 0.2) is 0 Å². The molecule has 0 nitrogen and oxygen atoms in total. The highest BCUT2D eigenvalue weighted by molar-refractivity contribution is 6.32. The quantitative estimate of drug-likeness (QED) is 0.646. The first-order chi connectivity index (χ1) is 5.66. The molecule has 0 fully saturated rings. The van der Waals surface area contributed by atoms with E-state index in [9.17, 15) is 0 Å². The van der Waals surface area contributed by atoms with Crippen LogP contribution in [0.1, 0.15) is 24.0 Å². The van der Waals surface area contributed by atoms with E-state index in [0.717, 1.165) is 16.1 Å². The molecule has 0 aromatic heterocycles. The highest BCUT2D eigenvalue weighted by atomic mass is 35.5. The van der Waals surface area contributed by atoms with E-state index in [0.29, 0.717) is 0 Å². The lowest BCUT2D eigenvalue weighted by Crippen LogP contribution is -1.91. The fraction of sp³-hybridized carbons (Fsp3) is 0.182. The largest absolute Gasteiger partial charge is 0.0984 e. The normalized spacial score (nSPS) is 10.3. The number of hydrogen-bond acceptors (Lipinski definition) is 0. The second-order valence-electron chi connectivity index (χ2n) is 2.85. The second-order valence-corrected chi connectivity index (χ2v) is 3.26. The highest BCUT2D eigenvalue weighted by Gasteiger charge is 2.06. The van der Waals surface area contributed by atoms with Crippen molar-refractivity contribution in [2.75, 3.05) is 0 Å². The molecule has 0 aliphatic heterocycles. The van der Waals surface area contributed by atoms with Crippen LogP contribution in [0.2, 0.25) is 5.02 Å². The summed E-state index contributed by atoms with van der Waals surface area (Å²) < 4.78 is 0. The van der Waals surface area contributed by atoms with Crippen LogP contribution >= 0.6 is 11.6 Å². The van der Waals surface area contributed by atoms with Crippen LogP contribution < -0.4 is 0 Å². The molecule has 0 bridgehead atoms. The standard InChI is InChI=1S/C11H12Cl/c1-4-9-10(8(2)3)6-5-7-11(9)12/h4-8H,1-2H2,3H3. The number of benzene rings is 1. The van der Waals surface area contributed by atoms with Gasteiger partial charge in [0.1, 0.15) is 0 Å². The van der Waals surface area contributed by atoms with E-state index in [1.54, 1.807) is 6.08 Å². The van der Waals surface area contributed by atoms with Crippen molar-refractivity contribution in [3.05, 3.63) is 47.9 Å². The second kappa shape index (κ2) is 3.77. The fourth-order valence-electron chi connectivity index (χ4n) is 1.20. The van der Waals surface area contributed by atoms with Gasteiger partial charge in [-0.1, -0.05) is 43.3 Å². The predicted molar refractivity (Wildman–Crippen MR) is 55.3 cm³/mol.